The van der Waals surface area contributed by atoms with Crippen LogP contribution in [0.15, 0.2) is 42.5 Å². The van der Waals surface area contributed by atoms with Gasteiger partial charge in [0.2, 0.25) is 0 Å². The van der Waals surface area contributed by atoms with E-state index < -0.39 is 18.4 Å². The Labute approximate surface area is 203 Å². The van der Waals surface area contributed by atoms with E-state index in [-0.39, 0.29) is 18.3 Å². The second kappa shape index (κ2) is 12.0. The molecule has 0 saturated carbocycles. The summed E-state index contributed by atoms with van der Waals surface area (Å²) in [5.74, 6) is -0.812. The normalized spacial score (nSPS) is 13.6. The van der Waals surface area contributed by atoms with Crippen molar-refractivity contribution in [3.8, 4) is 11.5 Å². The molecule has 2 aromatic rings. The van der Waals surface area contributed by atoms with Crippen LogP contribution in [0.4, 0.5) is 10.1 Å². The Kier molecular flexibility index (Phi) is 8.83. The van der Waals surface area contributed by atoms with Gasteiger partial charge in [0, 0.05) is 31.7 Å². The number of methoxy groups -OCH3 is 1. The Morgan fingerprint density at radius 2 is 1.74 bits per heavy atom. The monoisotopic (exact) mass is 484 g/mol. The minimum absolute atomic E-state index is 0.202. The van der Waals surface area contributed by atoms with Crippen LogP contribution in [0.1, 0.15) is 29.8 Å². The van der Waals surface area contributed by atoms with Crippen LogP contribution in [0, 0.1) is 5.82 Å². The lowest BCUT2D eigenvalue weighted by Gasteiger charge is -2.36. The second-order valence-corrected chi connectivity index (χ2v) is 7.95. The van der Waals surface area contributed by atoms with Crippen molar-refractivity contribution in [1.29, 1.82) is 0 Å². The molecule has 0 aliphatic carbocycles. The SMILES string of the molecule is C/C=C/c1ccc(OCC(=O)OCC(=O)N2CCN(c3ccc(C(C)=O)cc3F)CC2)c(OC)c1. The van der Waals surface area contributed by atoms with Gasteiger partial charge < -0.3 is 24.0 Å². The van der Waals surface area contributed by atoms with E-state index in [1.54, 1.807) is 29.2 Å². The minimum atomic E-state index is -0.677. The molecule has 0 atom stereocenters. The molecule has 0 aromatic heterocycles. The maximum absolute atomic E-state index is 14.4. The topological polar surface area (TPSA) is 85.4 Å². The van der Waals surface area contributed by atoms with Crippen LogP contribution in [0.3, 0.4) is 0 Å². The van der Waals surface area contributed by atoms with Crippen molar-refractivity contribution >= 4 is 29.4 Å². The molecule has 1 heterocycles. The summed E-state index contributed by atoms with van der Waals surface area (Å²) in [6, 6.07) is 9.70. The van der Waals surface area contributed by atoms with Crippen molar-refractivity contribution in [2.75, 3.05) is 51.4 Å². The highest BCUT2D eigenvalue weighted by molar-refractivity contribution is 5.94. The largest absolute Gasteiger partial charge is 0.493 e. The van der Waals surface area contributed by atoms with Gasteiger partial charge in [-0.1, -0.05) is 18.2 Å². The van der Waals surface area contributed by atoms with Crippen LogP contribution in [0.5, 0.6) is 11.5 Å². The van der Waals surface area contributed by atoms with E-state index in [0.29, 0.717) is 48.9 Å². The first-order valence-corrected chi connectivity index (χ1v) is 11.2. The molecule has 1 aliphatic rings. The fourth-order valence-corrected chi connectivity index (χ4v) is 3.69. The summed E-state index contributed by atoms with van der Waals surface area (Å²) < 4.78 is 30.2. The summed E-state index contributed by atoms with van der Waals surface area (Å²) >= 11 is 0. The number of ether oxygens (including phenoxy) is 3. The first-order valence-electron chi connectivity index (χ1n) is 11.2. The fourth-order valence-electron chi connectivity index (χ4n) is 3.69. The molecular formula is C26H29FN2O6. The molecule has 0 bridgehead atoms. The van der Waals surface area contributed by atoms with E-state index in [1.165, 1.54) is 20.1 Å². The molecule has 1 fully saturated rings. The molecule has 3 rings (SSSR count). The maximum Gasteiger partial charge on any atom is 0.344 e. The van der Waals surface area contributed by atoms with E-state index in [0.717, 1.165) is 5.56 Å². The Morgan fingerprint density at radius 3 is 2.37 bits per heavy atom. The fraction of sp³-hybridized carbons (Fsp3) is 0.346. The van der Waals surface area contributed by atoms with Gasteiger partial charge in [-0.25, -0.2) is 9.18 Å². The van der Waals surface area contributed by atoms with Crippen molar-refractivity contribution in [3.05, 3.63) is 59.4 Å². The van der Waals surface area contributed by atoms with Crippen molar-refractivity contribution in [3.63, 3.8) is 0 Å². The maximum atomic E-state index is 14.4. The summed E-state index contributed by atoms with van der Waals surface area (Å²) in [5.41, 5.74) is 1.63. The van der Waals surface area contributed by atoms with Gasteiger partial charge in [-0.05, 0) is 49.7 Å². The number of rotatable bonds is 9. The van der Waals surface area contributed by atoms with E-state index in [2.05, 4.69) is 0 Å². The van der Waals surface area contributed by atoms with Gasteiger partial charge in [-0.2, -0.15) is 0 Å². The highest BCUT2D eigenvalue weighted by atomic mass is 19.1. The lowest BCUT2D eigenvalue weighted by atomic mass is 10.1. The molecule has 9 heteroatoms. The molecule has 1 amide bonds. The van der Waals surface area contributed by atoms with Crippen LogP contribution in [0.2, 0.25) is 0 Å². The zero-order valence-electron chi connectivity index (χ0n) is 20.1. The van der Waals surface area contributed by atoms with Gasteiger partial charge >= 0.3 is 5.97 Å². The lowest BCUT2D eigenvalue weighted by molar-refractivity contribution is -0.153. The zero-order valence-corrected chi connectivity index (χ0v) is 20.1. The zero-order chi connectivity index (χ0) is 25.4. The van der Waals surface area contributed by atoms with Crippen LogP contribution in [0.25, 0.3) is 6.08 Å². The number of benzene rings is 2. The average molecular weight is 485 g/mol. The summed E-state index contributed by atoms with van der Waals surface area (Å²) in [5, 5.41) is 0. The first kappa shape index (κ1) is 25.7. The Balaban J connectivity index is 1.44. The highest BCUT2D eigenvalue weighted by Gasteiger charge is 2.24. The third kappa shape index (κ3) is 6.81. The summed E-state index contributed by atoms with van der Waals surface area (Å²) in [6.45, 7) is 4.08. The van der Waals surface area contributed by atoms with E-state index >= 15 is 0 Å². The first-order chi connectivity index (χ1) is 16.8. The average Bonchev–Trinajstić information content (AvgIpc) is 2.86. The third-order valence-corrected chi connectivity index (χ3v) is 5.58. The van der Waals surface area contributed by atoms with E-state index in [1.807, 2.05) is 30.0 Å². The third-order valence-electron chi connectivity index (χ3n) is 5.58. The van der Waals surface area contributed by atoms with Crippen LogP contribution in [-0.2, 0) is 14.3 Å². The highest BCUT2D eigenvalue weighted by Crippen LogP contribution is 2.28. The van der Waals surface area contributed by atoms with Gasteiger partial charge in [0.25, 0.3) is 5.91 Å². The van der Waals surface area contributed by atoms with Gasteiger partial charge in [-0.15, -0.1) is 0 Å². The number of piperazine rings is 1. The predicted molar refractivity (Wildman–Crippen MR) is 129 cm³/mol. The number of carbonyl (C=O) groups excluding carboxylic acids is 3. The number of hydrogen-bond acceptors (Lipinski definition) is 7. The molecule has 8 nitrogen and oxygen atoms in total. The number of esters is 1. The molecule has 0 N–H and O–H groups in total. The Morgan fingerprint density at radius 1 is 1.00 bits per heavy atom. The number of Topliss-reactive ketones (excluding diaryl/α,β-unsaturated/α-hetero) is 1. The van der Waals surface area contributed by atoms with Crippen molar-refractivity contribution in [2.24, 2.45) is 0 Å². The standard InChI is InChI=1S/C26H29FN2O6/c1-4-5-19-6-9-23(24(14-19)33-3)34-17-26(32)35-16-25(31)29-12-10-28(11-13-29)22-8-7-20(18(2)30)15-21(22)27/h4-9,14-15H,10-13,16-17H2,1-3H3/b5-4+. The molecular weight excluding hydrogens is 455 g/mol. The molecule has 0 unspecified atom stereocenters. The number of nitrogens with zero attached hydrogens (tertiary/aromatic N) is 2. The van der Waals surface area contributed by atoms with E-state index in [9.17, 15) is 18.8 Å². The van der Waals surface area contributed by atoms with Crippen LogP contribution in [-0.4, -0.2) is 69.1 Å². The molecule has 0 radical (unpaired) electrons. The number of ketones is 1. The summed E-state index contributed by atoms with van der Waals surface area (Å²) in [4.78, 5) is 39.3. The Bertz CT molecular complexity index is 1110. The smallest absolute Gasteiger partial charge is 0.344 e. The van der Waals surface area contributed by atoms with Crippen LogP contribution >= 0.6 is 0 Å². The molecule has 186 valence electrons. The van der Waals surface area contributed by atoms with Gasteiger partial charge in [0.05, 0.1) is 12.8 Å². The summed E-state index contributed by atoms with van der Waals surface area (Å²) in [7, 11) is 1.51. The number of allylic oxidation sites excluding steroid dienone is 1. The van der Waals surface area contributed by atoms with Gasteiger partial charge in [0.15, 0.2) is 30.5 Å². The molecule has 35 heavy (non-hydrogen) atoms. The van der Waals surface area contributed by atoms with Crippen molar-refractivity contribution < 1.29 is 33.0 Å². The van der Waals surface area contributed by atoms with Crippen molar-refractivity contribution in [1.82, 2.24) is 4.90 Å². The molecule has 1 aliphatic heterocycles. The molecule has 2 aromatic carbocycles. The van der Waals surface area contributed by atoms with Crippen molar-refractivity contribution in [2.45, 2.75) is 13.8 Å². The quantitative estimate of drug-likeness (QED) is 0.399. The molecule has 1 saturated heterocycles. The number of anilines is 1. The number of halogens is 1. The van der Waals surface area contributed by atoms with Crippen LogP contribution < -0.4 is 14.4 Å². The number of carbonyl (C=O) groups is 3. The second-order valence-electron chi connectivity index (χ2n) is 7.95. The number of hydrogen-bond donors (Lipinski definition) is 0. The van der Waals surface area contributed by atoms with Gasteiger partial charge in [-0.3, -0.25) is 9.59 Å². The molecule has 0 spiro atoms. The Hall–Kier alpha value is -3.88. The predicted octanol–water partition coefficient (Wildman–Crippen LogP) is 3.34. The van der Waals surface area contributed by atoms with Gasteiger partial charge in [0.1, 0.15) is 5.82 Å². The minimum Gasteiger partial charge on any atom is -0.493 e. The van der Waals surface area contributed by atoms with E-state index in [4.69, 9.17) is 14.2 Å². The summed E-state index contributed by atoms with van der Waals surface area (Å²) in [6.07, 6.45) is 3.81. The number of amides is 1. The lowest BCUT2D eigenvalue weighted by Crippen LogP contribution is -2.50.